The maximum Gasteiger partial charge on any atom is 0.225 e. The Morgan fingerprint density at radius 1 is 1.00 bits per heavy atom. The first-order valence-electron chi connectivity index (χ1n) is 13.0. The van der Waals surface area contributed by atoms with Gasteiger partial charge in [-0.1, -0.05) is 58.9 Å². The molecule has 5 rings (SSSR count). The molecular weight excluding hydrogens is 422 g/mol. The number of benzene rings is 1. The van der Waals surface area contributed by atoms with E-state index in [0.717, 1.165) is 49.3 Å². The van der Waals surface area contributed by atoms with Crippen LogP contribution >= 0.6 is 0 Å². The fourth-order valence-electron chi connectivity index (χ4n) is 8.88. The van der Waals surface area contributed by atoms with Crippen LogP contribution in [-0.2, 0) is 10.2 Å². The summed E-state index contributed by atoms with van der Waals surface area (Å²) in [5.41, 5.74) is 2.35. The zero-order chi connectivity index (χ0) is 24.9. The van der Waals surface area contributed by atoms with Crippen molar-refractivity contribution in [2.24, 2.45) is 27.6 Å². The molecular formula is C30H41NO3. The summed E-state index contributed by atoms with van der Waals surface area (Å²) in [5, 5.41) is 25.2. The van der Waals surface area contributed by atoms with Crippen LogP contribution in [0.5, 0.6) is 11.5 Å². The molecule has 0 heterocycles. The summed E-state index contributed by atoms with van der Waals surface area (Å²) in [6, 6.07) is 1.77. The van der Waals surface area contributed by atoms with Crippen LogP contribution in [0.25, 0.3) is 12.7 Å². The van der Waals surface area contributed by atoms with Gasteiger partial charge >= 0.3 is 0 Å². The summed E-state index contributed by atoms with van der Waals surface area (Å²) in [4.78, 5) is 12.9. The van der Waals surface area contributed by atoms with Crippen LogP contribution in [-0.4, -0.2) is 23.2 Å². The molecule has 34 heavy (non-hydrogen) atoms. The first-order valence-corrected chi connectivity index (χ1v) is 13.0. The number of amides is 1. The monoisotopic (exact) mass is 463 g/mol. The van der Waals surface area contributed by atoms with Crippen LogP contribution < -0.4 is 15.8 Å². The number of phenols is 2. The largest absolute Gasteiger partial charge is 0.504 e. The molecule has 6 atom stereocenters. The number of allylic oxidation sites excluding steroid dienone is 2. The summed E-state index contributed by atoms with van der Waals surface area (Å²) in [7, 11) is 1.77. The lowest BCUT2D eigenvalue weighted by Crippen LogP contribution is -2.63. The van der Waals surface area contributed by atoms with Crippen LogP contribution in [0.2, 0.25) is 0 Å². The average Bonchev–Trinajstić information content (AvgIpc) is 2.80. The predicted molar refractivity (Wildman–Crippen MR) is 137 cm³/mol. The van der Waals surface area contributed by atoms with Gasteiger partial charge in [0.05, 0.1) is 0 Å². The Hall–Kier alpha value is -2.23. The van der Waals surface area contributed by atoms with E-state index in [2.05, 4.69) is 58.7 Å². The van der Waals surface area contributed by atoms with Crippen LogP contribution in [0.3, 0.4) is 0 Å². The third kappa shape index (κ3) is 2.69. The number of aromatic hydroxyl groups is 2. The molecule has 4 nitrogen and oxygen atoms in total. The number of fused-ring (bicyclic) bond motifs is 7. The Bertz CT molecular complexity index is 1230. The molecule has 4 aliphatic carbocycles. The lowest BCUT2D eigenvalue weighted by atomic mass is 9.34. The normalized spacial score (nSPS) is 42.8. The highest BCUT2D eigenvalue weighted by molar-refractivity contribution is 5.82. The lowest BCUT2D eigenvalue weighted by Gasteiger charge is -2.69. The quantitative estimate of drug-likeness (QED) is 0.531. The number of nitrogens with one attached hydrogen (secondary N) is 1. The number of carbonyl (C=O) groups is 1. The van der Waals surface area contributed by atoms with E-state index >= 15 is 0 Å². The van der Waals surface area contributed by atoms with E-state index in [4.69, 9.17) is 0 Å². The Labute approximate surface area is 203 Å². The fourth-order valence-corrected chi connectivity index (χ4v) is 8.88. The second-order valence-corrected chi connectivity index (χ2v) is 13.1. The van der Waals surface area contributed by atoms with Gasteiger partial charge < -0.3 is 15.5 Å². The van der Waals surface area contributed by atoms with Crippen molar-refractivity contribution in [3.05, 3.63) is 33.7 Å². The molecule has 0 unspecified atom stereocenters. The number of rotatable bonds is 1. The van der Waals surface area contributed by atoms with Gasteiger partial charge in [-0.25, -0.2) is 0 Å². The van der Waals surface area contributed by atoms with Crippen molar-refractivity contribution >= 4 is 18.6 Å². The maximum atomic E-state index is 12.9. The molecule has 0 bridgehead atoms. The van der Waals surface area contributed by atoms with Gasteiger partial charge in [-0.15, -0.1) is 0 Å². The van der Waals surface area contributed by atoms with Gasteiger partial charge in [0.1, 0.15) is 0 Å². The molecule has 0 aromatic heterocycles. The minimum absolute atomic E-state index is 0.00581. The van der Waals surface area contributed by atoms with Crippen molar-refractivity contribution in [1.82, 2.24) is 5.32 Å². The van der Waals surface area contributed by atoms with E-state index < -0.39 is 0 Å². The highest BCUT2D eigenvalue weighted by atomic mass is 16.3. The highest BCUT2D eigenvalue weighted by Gasteiger charge is 2.66. The van der Waals surface area contributed by atoms with Gasteiger partial charge in [-0.3, -0.25) is 4.79 Å². The van der Waals surface area contributed by atoms with Gasteiger partial charge in [0, 0.05) is 23.1 Å². The molecule has 184 valence electrons. The van der Waals surface area contributed by atoms with Crippen molar-refractivity contribution in [2.45, 2.75) is 85.0 Å². The molecule has 3 N–H and O–H groups in total. The molecule has 1 amide bonds. The number of hydrogen-bond acceptors (Lipinski definition) is 3. The summed E-state index contributed by atoms with van der Waals surface area (Å²) >= 11 is 0. The summed E-state index contributed by atoms with van der Waals surface area (Å²) in [6.45, 7) is 16.0. The van der Waals surface area contributed by atoms with Crippen molar-refractivity contribution in [3.8, 4) is 11.5 Å². The van der Waals surface area contributed by atoms with Crippen LogP contribution in [0, 0.1) is 27.6 Å². The van der Waals surface area contributed by atoms with Gasteiger partial charge in [0.25, 0.3) is 0 Å². The third-order valence-corrected chi connectivity index (χ3v) is 11.5. The molecule has 0 radical (unpaired) electrons. The Morgan fingerprint density at radius 2 is 1.68 bits per heavy atom. The zero-order valence-electron chi connectivity index (χ0n) is 21.8. The van der Waals surface area contributed by atoms with E-state index in [9.17, 15) is 15.0 Å². The first-order chi connectivity index (χ1) is 15.8. The van der Waals surface area contributed by atoms with E-state index in [1.54, 1.807) is 13.1 Å². The number of carbonyl (C=O) groups excluding carboxylic acids is 1. The first kappa shape index (κ1) is 23.5. The second-order valence-electron chi connectivity index (χ2n) is 13.1. The van der Waals surface area contributed by atoms with Gasteiger partial charge in [0.2, 0.25) is 5.91 Å². The molecule has 3 saturated carbocycles. The Kier molecular flexibility index (Phi) is 4.79. The fraction of sp³-hybridized carbons (Fsp3) is 0.633. The molecule has 4 heteroatoms. The van der Waals surface area contributed by atoms with Crippen molar-refractivity contribution in [3.63, 3.8) is 0 Å². The van der Waals surface area contributed by atoms with E-state index in [0.29, 0.717) is 11.1 Å². The van der Waals surface area contributed by atoms with Gasteiger partial charge in [0.15, 0.2) is 11.5 Å². The SMILES string of the molecule is C=c1c(O)c(O)cc2c1=CC=C1[C@@]2(C)CC[C@@]2(C)[C@@H]3C[C@](C)(C(=O)NC)CC[C@]3(C)CC[C@]12C. The molecule has 4 aliphatic rings. The smallest absolute Gasteiger partial charge is 0.225 e. The molecule has 1 aromatic carbocycles. The maximum absolute atomic E-state index is 12.9. The second kappa shape index (κ2) is 6.92. The molecule has 1 aromatic rings. The highest BCUT2D eigenvalue weighted by Crippen LogP contribution is 2.74. The van der Waals surface area contributed by atoms with E-state index in [1.165, 1.54) is 12.0 Å². The number of hydrogen-bond donors (Lipinski definition) is 3. The third-order valence-electron chi connectivity index (χ3n) is 11.5. The van der Waals surface area contributed by atoms with Crippen molar-refractivity contribution in [1.29, 1.82) is 0 Å². The minimum atomic E-state index is -0.313. The molecule has 0 saturated heterocycles. The van der Waals surface area contributed by atoms with Crippen LogP contribution in [0.15, 0.2) is 17.7 Å². The Morgan fingerprint density at radius 3 is 2.35 bits per heavy atom. The molecule has 3 fully saturated rings. The topological polar surface area (TPSA) is 69.6 Å². The summed E-state index contributed by atoms with van der Waals surface area (Å²) < 4.78 is 0. The van der Waals surface area contributed by atoms with Crippen molar-refractivity contribution < 1.29 is 15.0 Å². The van der Waals surface area contributed by atoms with E-state index in [1.807, 2.05) is 0 Å². The van der Waals surface area contributed by atoms with Crippen LogP contribution in [0.1, 0.15) is 85.1 Å². The molecule has 0 spiro atoms. The average molecular weight is 464 g/mol. The lowest BCUT2D eigenvalue weighted by molar-refractivity contribution is -0.167. The zero-order valence-corrected chi connectivity index (χ0v) is 21.8. The molecule has 0 aliphatic heterocycles. The predicted octanol–water partition coefficient (Wildman–Crippen LogP) is 4.65. The standard InChI is InChI=1S/C30H41NO3/c1-18-19-8-9-22-28(4,20(19)16-21(32)24(18)33)13-15-30(6)23-17-27(3,25(34)31-7)11-10-26(23,2)12-14-29(22,30)5/h8-9,16,23,32-33H,1,10-15,17H2,2-7H3,(H,31,34)/t23-,26-,27-,28+,29-,30+/m1/s1. The van der Waals surface area contributed by atoms with E-state index in [-0.39, 0.29) is 44.5 Å². The van der Waals surface area contributed by atoms with Gasteiger partial charge in [-0.2, -0.15) is 0 Å². The van der Waals surface area contributed by atoms with Crippen molar-refractivity contribution in [2.75, 3.05) is 7.05 Å². The van der Waals surface area contributed by atoms with Gasteiger partial charge in [-0.05, 0) is 84.0 Å². The Balaban J connectivity index is 1.66. The minimum Gasteiger partial charge on any atom is -0.504 e. The number of phenolic OH excluding ortho intramolecular Hbond substituents is 2. The summed E-state index contributed by atoms with van der Waals surface area (Å²) in [5.74, 6) is 0.455. The summed E-state index contributed by atoms with van der Waals surface area (Å²) in [6.07, 6.45) is 11.8. The van der Waals surface area contributed by atoms with Crippen LogP contribution in [0.4, 0.5) is 0 Å².